The number of rotatable bonds is 5. The first-order valence-electron chi connectivity index (χ1n) is 6.62. The van der Waals surface area contributed by atoms with Gasteiger partial charge in [-0.2, -0.15) is 0 Å². The van der Waals surface area contributed by atoms with E-state index in [-0.39, 0.29) is 0 Å². The molecule has 0 aliphatic carbocycles. The maximum atomic E-state index is 4.52. The lowest BCUT2D eigenvalue weighted by molar-refractivity contribution is 0.343. The summed E-state index contributed by atoms with van der Waals surface area (Å²) in [7, 11) is 0. The highest BCUT2D eigenvalue weighted by Crippen LogP contribution is 2.19. The normalized spacial score (nSPS) is 19.4. The second-order valence-corrected chi connectivity index (χ2v) is 5.87. The molecule has 0 amide bonds. The molecule has 1 aromatic heterocycles. The largest absolute Gasteiger partial charge is 0.317 e. The van der Waals surface area contributed by atoms with Crippen LogP contribution in [0, 0.1) is 12.8 Å². The third-order valence-electron chi connectivity index (χ3n) is 3.47. The fourth-order valence-electron chi connectivity index (χ4n) is 2.33. The van der Waals surface area contributed by atoms with Crippen LogP contribution in [-0.2, 0) is 0 Å². The van der Waals surface area contributed by atoms with E-state index in [9.17, 15) is 0 Å². The monoisotopic (exact) mass is 253 g/mol. The van der Waals surface area contributed by atoms with Gasteiger partial charge in [0.25, 0.3) is 0 Å². The molecular formula is C13H23N3S. The maximum absolute atomic E-state index is 4.52. The summed E-state index contributed by atoms with van der Waals surface area (Å²) in [5.41, 5.74) is 1.14. The Bertz CT molecular complexity index is 331. The van der Waals surface area contributed by atoms with Gasteiger partial charge in [-0.25, -0.2) is 4.98 Å². The molecule has 4 heteroatoms. The molecule has 1 aromatic rings. The van der Waals surface area contributed by atoms with Gasteiger partial charge in [-0.3, -0.25) is 0 Å². The molecule has 0 spiro atoms. The summed E-state index contributed by atoms with van der Waals surface area (Å²) in [5, 5.41) is 10.3. The molecule has 1 aliphatic rings. The second kappa shape index (κ2) is 6.47. The summed E-state index contributed by atoms with van der Waals surface area (Å²) >= 11 is 1.76. The number of nitrogens with zero attached hydrogens (tertiary/aromatic N) is 1. The number of thiazole rings is 1. The van der Waals surface area contributed by atoms with Gasteiger partial charge in [0.05, 0.1) is 6.04 Å². The van der Waals surface area contributed by atoms with Crippen LogP contribution in [0.3, 0.4) is 0 Å². The predicted octanol–water partition coefficient (Wildman–Crippen LogP) is 2.49. The molecule has 1 fully saturated rings. The first-order valence-corrected chi connectivity index (χ1v) is 7.50. The van der Waals surface area contributed by atoms with Crippen molar-refractivity contribution in [2.45, 2.75) is 39.2 Å². The van der Waals surface area contributed by atoms with Crippen molar-refractivity contribution < 1.29 is 0 Å². The molecule has 2 heterocycles. The minimum atomic E-state index is 0.399. The van der Waals surface area contributed by atoms with E-state index >= 15 is 0 Å². The van der Waals surface area contributed by atoms with E-state index in [4.69, 9.17) is 0 Å². The molecular weight excluding hydrogens is 230 g/mol. The Balaban J connectivity index is 1.67. The number of hydrogen-bond donors (Lipinski definition) is 2. The Morgan fingerprint density at radius 1 is 1.53 bits per heavy atom. The second-order valence-electron chi connectivity index (χ2n) is 4.98. The van der Waals surface area contributed by atoms with Gasteiger partial charge >= 0.3 is 0 Å². The molecule has 1 atom stereocenters. The lowest BCUT2D eigenvalue weighted by Crippen LogP contribution is -2.30. The van der Waals surface area contributed by atoms with Crippen LogP contribution in [-0.4, -0.2) is 24.6 Å². The zero-order chi connectivity index (χ0) is 12.1. The number of aryl methyl sites for hydroxylation is 1. The summed E-state index contributed by atoms with van der Waals surface area (Å²) in [6, 6.07) is 0.399. The zero-order valence-corrected chi connectivity index (χ0v) is 11.6. The van der Waals surface area contributed by atoms with Crippen LogP contribution in [0.2, 0.25) is 0 Å². The number of nitrogens with one attached hydrogen (secondary N) is 2. The molecule has 1 unspecified atom stereocenters. The van der Waals surface area contributed by atoms with E-state index in [0.29, 0.717) is 6.04 Å². The van der Waals surface area contributed by atoms with Crippen LogP contribution < -0.4 is 10.6 Å². The van der Waals surface area contributed by atoms with Gasteiger partial charge in [-0.05, 0) is 58.7 Å². The highest BCUT2D eigenvalue weighted by atomic mass is 32.1. The van der Waals surface area contributed by atoms with Crippen LogP contribution in [0.1, 0.15) is 42.9 Å². The van der Waals surface area contributed by atoms with Crippen molar-refractivity contribution in [1.82, 2.24) is 15.6 Å². The molecule has 1 aliphatic heterocycles. The van der Waals surface area contributed by atoms with Gasteiger partial charge in [0.15, 0.2) is 0 Å². The van der Waals surface area contributed by atoms with Crippen molar-refractivity contribution in [3.8, 4) is 0 Å². The fourth-order valence-corrected chi connectivity index (χ4v) is 3.16. The molecule has 2 N–H and O–H groups in total. The van der Waals surface area contributed by atoms with E-state index < -0.39 is 0 Å². The Morgan fingerprint density at radius 3 is 2.94 bits per heavy atom. The molecule has 2 rings (SSSR count). The third kappa shape index (κ3) is 4.05. The van der Waals surface area contributed by atoms with Crippen LogP contribution in [0.4, 0.5) is 0 Å². The molecule has 0 aromatic carbocycles. The van der Waals surface area contributed by atoms with E-state index in [2.05, 4.69) is 34.8 Å². The SMILES string of the molecule is Cc1csc(C(C)NCCC2CCNCC2)n1. The van der Waals surface area contributed by atoms with Crippen molar-refractivity contribution in [2.75, 3.05) is 19.6 Å². The van der Waals surface area contributed by atoms with Gasteiger partial charge in [-0.1, -0.05) is 0 Å². The molecule has 3 nitrogen and oxygen atoms in total. The number of aromatic nitrogens is 1. The molecule has 96 valence electrons. The molecule has 0 bridgehead atoms. The fraction of sp³-hybridized carbons (Fsp3) is 0.769. The van der Waals surface area contributed by atoms with Gasteiger partial charge in [0.2, 0.25) is 0 Å². The summed E-state index contributed by atoms with van der Waals surface area (Å²) < 4.78 is 0. The zero-order valence-electron chi connectivity index (χ0n) is 10.8. The standard InChI is InChI=1S/C13H23N3S/c1-10-9-17-13(16-10)11(2)15-8-5-12-3-6-14-7-4-12/h9,11-12,14-15H,3-8H2,1-2H3. The Labute approximate surface area is 108 Å². The summed E-state index contributed by atoms with van der Waals surface area (Å²) in [4.78, 5) is 4.52. The van der Waals surface area contributed by atoms with Crippen molar-refractivity contribution >= 4 is 11.3 Å². The van der Waals surface area contributed by atoms with E-state index in [1.165, 1.54) is 37.4 Å². The third-order valence-corrected chi connectivity index (χ3v) is 4.61. The molecule has 0 radical (unpaired) electrons. The lowest BCUT2D eigenvalue weighted by Gasteiger charge is -2.23. The summed E-state index contributed by atoms with van der Waals surface area (Å²) in [6.45, 7) is 7.78. The average molecular weight is 253 g/mol. The predicted molar refractivity (Wildman–Crippen MR) is 73.5 cm³/mol. The average Bonchev–Trinajstić information content (AvgIpc) is 2.77. The van der Waals surface area contributed by atoms with Gasteiger partial charge < -0.3 is 10.6 Å². The minimum Gasteiger partial charge on any atom is -0.317 e. The van der Waals surface area contributed by atoms with Gasteiger partial charge in [-0.15, -0.1) is 11.3 Å². The number of piperidine rings is 1. The van der Waals surface area contributed by atoms with Gasteiger partial charge in [0.1, 0.15) is 5.01 Å². The molecule has 0 saturated carbocycles. The summed E-state index contributed by atoms with van der Waals surface area (Å²) in [6.07, 6.45) is 3.98. The van der Waals surface area contributed by atoms with E-state index in [0.717, 1.165) is 18.2 Å². The number of hydrogen-bond acceptors (Lipinski definition) is 4. The first-order chi connectivity index (χ1) is 8.25. The topological polar surface area (TPSA) is 37.0 Å². The lowest BCUT2D eigenvalue weighted by atomic mass is 9.95. The van der Waals surface area contributed by atoms with Crippen LogP contribution in [0.15, 0.2) is 5.38 Å². The minimum absolute atomic E-state index is 0.399. The quantitative estimate of drug-likeness (QED) is 0.846. The van der Waals surface area contributed by atoms with Crippen LogP contribution >= 0.6 is 11.3 Å². The highest BCUT2D eigenvalue weighted by molar-refractivity contribution is 7.09. The van der Waals surface area contributed by atoms with Crippen molar-refractivity contribution in [3.63, 3.8) is 0 Å². The van der Waals surface area contributed by atoms with Crippen LogP contribution in [0.5, 0.6) is 0 Å². The Kier molecular flexibility index (Phi) is 4.95. The maximum Gasteiger partial charge on any atom is 0.110 e. The van der Waals surface area contributed by atoms with Crippen molar-refractivity contribution in [3.05, 3.63) is 16.1 Å². The smallest absolute Gasteiger partial charge is 0.110 e. The molecule has 1 saturated heterocycles. The van der Waals surface area contributed by atoms with Crippen molar-refractivity contribution in [2.24, 2.45) is 5.92 Å². The van der Waals surface area contributed by atoms with Crippen molar-refractivity contribution in [1.29, 1.82) is 0 Å². The first kappa shape index (κ1) is 13.0. The summed E-state index contributed by atoms with van der Waals surface area (Å²) in [5.74, 6) is 0.911. The van der Waals surface area contributed by atoms with E-state index in [1.54, 1.807) is 11.3 Å². The van der Waals surface area contributed by atoms with Crippen LogP contribution in [0.25, 0.3) is 0 Å². The van der Waals surface area contributed by atoms with E-state index in [1.807, 2.05) is 0 Å². The molecule has 17 heavy (non-hydrogen) atoms. The van der Waals surface area contributed by atoms with Gasteiger partial charge in [0, 0.05) is 11.1 Å². The Hall–Kier alpha value is -0.450. The highest BCUT2D eigenvalue weighted by Gasteiger charge is 2.14. The Morgan fingerprint density at radius 2 is 2.29 bits per heavy atom.